The van der Waals surface area contributed by atoms with Gasteiger partial charge in [-0.1, -0.05) is 58.4 Å². The third-order valence-corrected chi connectivity index (χ3v) is 6.44. The van der Waals surface area contributed by atoms with Gasteiger partial charge in [-0.05, 0) is 53.9 Å². The molecule has 1 fully saturated rings. The van der Waals surface area contributed by atoms with Crippen LogP contribution in [0.4, 0.5) is 0 Å². The van der Waals surface area contributed by atoms with E-state index in [4.69, 9.17) is 9.47 Å². The number of carbonyl (C=O) groups is 2. The fourth-order valence-corrected chi connectivity index (χ4v) is 4.62. The number of hydrogen-bond acceptors (Lipinski definition) is 5. The number of likely N-dealkylation sites (tertiary alicyclic amines) is 1. The maximum atomic E-state index is 13.1. The first-order valence-electron chi connectivity index (χ1n) is 11.2. The van der Waals surface area contributed by atoms with E-state index >= 15 is 0 Å². The molecule has 0 bridgehead atoms. The van der Waals surface area contributed by atoms with Gasteiger partial charge >= 0.3 is 0 Å². The normalized spacial score (nSPS) is 17.1. The minimum Gasteiger partial charge on any atom is -0.507 e. The third-order valence-electron chi connectivity index (χ3n) is 5.94. The summed E-state index contributed by atoms with van der Waals surface area (Å²) in [5, 5.41) is 11.3. The molecule has 0 saturated carbocycles. The van der Waals surface area contributed by atoms with Gasteiger partial charge in [0.2, 0.25) is 0 Å². The van der Waals surface area contributed by atoms with Crippen LogP contribution in [0.5, 0.6) is 5.75 Å². The monoisotopic (exact) mass is 535 g/mol. The molecule has 0 aromatic heterocycles. The Morgan fingerprint density at radius 3 is 2.49 bits per heavy atom. The number of ether oxygens (including phenoxy) is 2. The molecule has 1 atom stereocenters. The predicted molar refractivity (Wildman–Crippen MR) is 137 cm³/mol. The quantitative estimate of drug-likeness (QED) is 0.237. The van der Waals surface area contributed by atoms with Crippen molar-refractivity contribution >= 4 is 33.4 Å². The van der Waals surface area contributed by atoms with Crippen molar-refractivity contribution in [2.75, 3.05) is 20.3 Å². The number of Topliss-reactive ketones (excluding diaryl/α,β-unsaturated/α-hetero) is 1. The number of methoxy groups -OCH3 is 1. The van der Waals surface area contributed by atoms with E-state index in [9.17, 15) is 14.7 Å². The van der Waals surface area contributed by atoms with Crippen molar-refractivity contribution < 1.29 is 24.2 Å². The summed E-state index contributed by atoms with van der Waals surface area (Å²) in [5.41, 5.74) is 3.02. The third kappa shape index (κ3) is 5.31. The molecule has 4 rings (SSSR count). The fourth-order valence-electron chi connectivity index (χ4n) is 4.20. The highest BCUT2D eigenvalue weighted by molar-refractivity contribution is 9.10. The van der Waals surface area contributed by atoms with Crippen molar-refractivity contribution in [1.29, 1.82) is 0 Å². The van der Waals surface area contributed by atoms with Crippen molar-refractivity contribution in [3.05, 3.63) is 105 Å². The van der Waals surface area contributed by atoms with E-state index in [1.165, 1.54) is 12.0 Å². The number of carbonyl (C=O) groups excluding carboxylic acids is 2. The number of aryl methyl sites for hydroxylation is 1. The smallest absolute Gasteiger partial charge is 0.295 e. The summed E-state index contributed by atoms with van der Waals surface area (Å²) in [7, 11) is 1.54. The van der Waals surface area contributed by atoms with E-state index in [1.54, 1.807) is 12.1 Å². The summed E-state index contributed by atoms with van der Waals surface area (Å²) in [4.78, 5) is 27.5. The van der Waals surface area contributed by atoms with Crippen molar-refractivity contribution in [1.82, 2.24) is 4.90 Å². The Morgan fingerprint density at radius 1 is 1.03 bits per heavy atom. The zero-order valence-electron chi connectivity index (χ0n) is 19.5. The Balaban J connectivity index is 1.70. The average molecular weight is 536 g/mol. The van der Waals surface area contributed by atoms with E-state index in [1.807, 2.05) is 67.6 Å². The number of aliphatic hydroxyl groups excluding tert-OH is 1. The molecule has 1 aliphatic heterocycles. The molecule has 35 heavy (non-hydrogen) atoms. The van der Waals surface area contributed by atoms with E-state index in [2.05, 4.69) is 15.9 Å². The van der Waals surface area contributed by atoms with Gasteiger partial charge in [0.15, 0.2) is 0 Å². The largest absolute Gasteiger partial charge is 0.507 e. The SMILES string of the molecule is COCCN1C(=O)C(=O)C(=C(O)c2ccc(OCc3ccccc3)cc2C)[C@@H]1c1cccc(Br)c1. The average Bonchev–Trinajstić information content (AvgIpc) is 3.11. The van der Waals surface area contributed by atoms with Crippen molar-refractivity contribution in [2.24, 2.45) is 0 Å². The number of nitrogens with zero attached hydrogens (tertiary/aromatic N) is 1. The lowest BCUT2D eigenvalue weighted by Crippen LogP contribution is -2.32. The second-order valence-electron chi connectivity index (χ2n) is 8.29. The summed E-state index contributed by atoms with van der Waals surface area (Å²) in [5.74, 6) is -0.936. The van der Waals surface area contributed by atoms with Gasteiger partial charge in [0.1, 0.15) is 18.1 Å². The van der Waals surface area contributed by atoms with Crippen LogP contribution in [0.3, 0.4) is 0 Å². The van der Waals surface area contributed by atoms with Gasteiger partial charge in [0.25, 0.3) is 11.7 Å². The summed E-state index contributed by atoms with van der Waals surface area (Å²) >= 11 is 3.46. The molecule has 3 aromatic carbocycles. The van der Waals surface area contributed by atoms with E-state index in [0.29, 0.717) is 17.9 Å². The molecular weight excluding hydrogens is 510 g/mol. The molecule has 7 heteroatoms. The Bertz CT molecular complexity index is 1270. The summed E-state index contributed by atoms with van der Waals surface area (Å²) in [6, 6.07) is 21.8. The Hall–Kier alpha value is -3.42. The highest BCUT2D eigenvalue weighted by Gasteiger charge is 2.46. The molecule has 3 aromatic rings. The number of hydrogen-bond donors (Lipinski definition) is 1. The molecule has 1 heterocycles. The van der Waals surface area contributed by atoms with Crippen LogP contribution in [-0.2, 0) is 20.9 Å². The molecule has 0 spiro atoms. The minimum absolute atomic E-state index is 0.0604. The number of amides is 1. The maximum Gasteiger partial charge on any atom is 0.295 e. The predicted octanol–water partition coefficient (Wildman–Crippen LogP) is 5.40. The second kappa shape index (κ2) is 10.9. The molecule has 0 unspecified atom stereocenters. The summed E-state index contributed by atoms with van der Waals surface area (Å²) in [6.07, 6.45) is 0. The first kappa shape index (κ1) is 24.7. The lowest BCUT2D eigenvalue weighted by molar-refractivity contribution is -0.140. The second-order valence-corrected chi connectivity index (χ2v) is 9.21. The lowest BCUT2D eigenvalue weighted by Gasteiger charge is -2.25. The summed E-state index contributed by atoms with van der Waals surface area (Å²) in [6.45, 7) is 2.74. The highest BCUT2D eigenvalue weighted by atomic mass is 79.9. The molecule has 6 nitrogen and oxygen atoms in total. The Morgan fingerprint density at radius 2 is 1.80 bits per heavy atom. The van der Waals surface area contributed by atoms with Crippen LogP contribution in [0.2, 0.25) is 0 Å². The van der Waals surface area contributed by atoms with E-state index in [0.717, 1.165) is 21.2 Å². The van der Waals surface area contributed by atoms with Crippen LogP contribution in [-0.4, -0.2) is 42.0 Å². The van der Waals surface area contributed by atoms with Crippen molar-refractivity contribution in [3.63, 3.8) is 0 Å². The Kier molecular flexibility index (Phi) is 7.68. The van der Waals surface area contributed by atoms with Crippen molar-refractivity contribution in [3.8, 4) is 5.75 Å². The van der Waals surface area contributed by atoms with Crippen LogP contribution in [0.1, 0.15) is 28.3 Å². The summed E-state index contributed by atoms with van der Waals surface area (Å²) < 4.78 is 11.9. The topological polar surface area (TPSA) is 76.1 Å². The van der Waals surface area contributed by atoms with Gasteiger partial charge in [-0.25, -0.2) is 0 Å². The van der Waals surface area contributed by atoms with E-state index in [-0.39, 0.29) is 24.5 Å². The van der Waals surface area contributed by atoms with Crippen molar-refractivity contribution in [2.45, 2.75) is 19.6 Å². The maximum absolute atomic E-state index is 13.1. The van der Waals surface area contributed by atoms with Crippen LogP contribution < -0.4 is 4.74 Å². The zero-order valence-corrected chi connectivity index (χ0v) is 21.1. The van der Waals surface area contributed by atoms with Gasteiger partial charge in [0.05, 0.1) is 18.2 Å². The van der Waals surface area contributed by atoms with Gasteiger partial charge < -0.3 is 19.5 Å². The molecular formula is C28H26BrNO5. The van der Waals surface area contributed by atoms with Gasteiger partial charge in [0, 0.05) is 23.7 Å². The molecule has 0 aliphatic carbocycles. The first-order chi connectivity index (χ1) is 16.9. The number of benzene rings is 3. The molecule has 1 N–H and O–H groups in total. The Labute approximate surface area is 212 Å². The van der Waals surface area contributed by atoms with Crippen LogP contribution >= 0.6 is 15.9 Å². The highest BCUT2D eigenvalue weighted by Crippen LogP contribution is 2.40. The molecule has 0 radical (unpaired) electrons. The molecule has 180 valence electrons. The van der Waals surface area contributed by atoms with Crippen LogP contribution in [0.15, 0.2) is 82.8 Å². The lowest BCUT2D eigenvalue weighted by atomic mass is 9.94. The van der Waals surface area contributed by atoms with Crippen LogP contribution in [0.25, 0.3) is 5.76 Å². The number of rotatable bonds is 8. The minimum atomic E-state index is -0.726. The molecule has 1 saturated heterocycles. The standard InChI is InChI=1S/C28H26BrNO5/c1-18-15-22(35-17-19-7-4-3-5-8-19)11-12-23(18)26(31)24-25(20-9-6-10-21(29)16-20)30(13-14-34-2)28(33)27(24)32/h3-12,15-16,25,31H,13-14,17H2,1-2H3/t25-/m0/s1. The van der Waals surface area contributed by atoms with Crippen LogP contribution in [0, 0.1) is 6.92 Å². The zero-order chi connectivity index (χ0) is 24.9. The fraction of sp³-hybridized carbons (Fsp3) is 0.214. The molecule has 1 amide bonds. The molecule has 1 aliphatic rings. The number of halogens is 1. The van der Waals surface area contributed by atoms with E-state index < -0.39 is 17.7 Å². The number of aliphatic hydroxyl groups is 1. The van der Waals surface area contributed by atoms with Gasteiger partial charge in [-0.3, -0.25) is 9.59 Å². The van der Waals surface area contributed by atoms with Gasteiger partial charge in [-0.2, -0.15) is 0 Å². The number of ketones is 1. The first-order valence-corrected chi connectivity index (χ1v) is 12.0. The van der Waals surface area contributed by atoms with Gasteiger partial charge in [-0.15, -0.1) is 0 Å².